The first-order valence-electron chi connectivity index (χ1n) is 6.82. The van der Waals surface area contributed by atoms with Gasteiger partial charge in [0.1, 0.15) is 0 Å². The predicted molar refractivity (Wildman–Crippen MR) is 64.1 cm³/mol. The van der Waals surface area contributed by atoms with Crippen LogP contribution in [-0.2, 0) is 13.1 Å². The van der Waals surface area contributed by atoms with E-state index in [0.717, 1.165) is 43.2 Å². The van der Waals surface area contributed by atoms with Gasteiger partial charge in [-0.3, -0.25) is 0 Å². The third-order valence-electron chi connectivity index (χ3n) is 4.43. The molecule has 2 bridgehead atoms. The van der Waals surface area contributed by atoms with E-state index < -0.39 is 0 Å². The third kappa shape index (κ3) is 2.20. The molecule has 5 heteroatoms. The Morgan fingerprint density at radius 3 is 3.00 bits per heavy atom. The highest BCUT2D eigenvalue weighted by Crippen LogP contribution is 2.48. The summed E-state index contributed by atoms with van der Waals surface area (Å²) in [4.78, 5) is 0. The molecule has 0 spiro atoms. The summed E-state index contributed by atoms with van der Waals surface area (Å²) in [6, 6.07) is 0. The van der Waals surface area contributed by atoms with Gasteiger partial charge in [0.25, 0.3) is 0 Å². The summed E-state index contributed by atoms with van der Waals surface area (Å²) in [5.74, 6) is 3.74. The van der Waals surface area contributed by atoms with E-state index in [1.807, 2.05) is 4.68 Å². The van der Waals surface area contributed by atoms with E-state index in [1.54, 1.807) is 0 Å². The first kappa shape index (κ1) is 11.1. The summed E-state index contributed by atoms with van der Waals surface area (Å²) in [6.45, 7) is 4.87. The number of fused-ring (bicyclic) bond motifs is 2. The van der Waals surface area contributed by atoms with Crippen LogP contribution in [0, 0.1) is 17.8 Å². The van der Waals surface area contributed by atoms with Crippen LogP contribution >= 0.6 is 0 Å². The Hall–Kier alpha value is -0.970. The molecule has 3 atom stereocenters. The Morgan fingerprint density at radius 1 is 1.35 bits per heavy atom. The minimum Gasteiger partial charge on any atom is -0.310 e. The second kappa shape index (κ2) is 4.72. The van der Waals surface area contributed by atoms with Gasteiger partial charge < -0.3 is 5.32 Å². The molecule has 5 nitrogen and oxygen atoms in total. The Balaban J connectivity index is 1.63. The summed E-state index contributed by atoms with van der Waals surface area (Å²) >= 11 is 0. The molecule has 2 saturated carbocycles. The lowest BCUT2D eigenvalue weighted by Crippen LogP contribution is -2.22. The SMILES string of the molecule is CCNCc1nnnn1CC1CC2CCC1C2. The number of nitrogens with one attached hydrogen (secondary N) is 1. The number of hydrogen-bond donors (Lipinski definition) is 1. The van der Waals surface area contributed by atoms with Crippen LogP contribution in [0.2, 0.25) is 0 Å². The molecular formula is C12H21N5. The molecular weight excluding hydrogens is 214 g/mol. The molecule has 2 aliphatic rings. The molecule has 0 saturated heterocycles. The lowest BCUT2D eigenvalue weighted by Gasteiger charge is -2.21. The molecule has 3 unspecified atom stereocenters. The molecule has 3 rings (SSSR count). The van der Waals surface area contributed by atoms with Crippen molar-refractivity contribution in [1.82, 2.24) is 25.5 Å². The van der Waals surface area contributed by atoms with Gasteiger partial charge in [0.2, 0.25) is 0 Å². The Bertz CT molecular complexity index is 375. The standard InChI is InChI=1S/C12H21N5/c1-2-13-7-12-14-15-16-17(12)8-11-6-9-3-4-10(11)5-9/h9-11,13H,2-8H2,1H3. The molecule has 1 heterocycles. The minimum absolute atomic E-state index is 0.782. The van der Waals surface area contributed by atoms with E-state index in [2.05, 4.69) is 27.8 Å². The number of hydrogen-bond acceptors (Lipinski definition) is 4. The Morgan fingerprint density at radius 2 is 2.29 bits per heavy atom. The summed E-state index contributed by atoms with van der Waals surface area (Å²) in [5, 5.41) is 15.3. The second-order valence-corrected chi connectivity index (χ2v) is 5.49. The molecule has 94 valence electrons. The Kier molecular flexibility index (Phi) is 3.09. The van der Waals surface area contributed by atoms with Crippen molar-refractivity contribution in [3.8, 4) is 0 Å². The van der Waals surface area contributed by atoms with Gasteiger partial charge in [-0.2, -0.15) is 0 Å². The molecule has 1 N–H and O–H groups in total. The van der Waals surface area contributed by atoms with Gasteiger partial charge in [-0.15, -0.1) is 5.10 Å². The monoisotopic (exact) mass is 235 g/mol. The van der Waals surface area contributed by atoms with Gasteiger partial charge in [0.15, 0.2) is 5.82 Å². The fourth-order valence-electron chi connectivity index (χ4n) is 3.55. The maximum Gasteiger partial charge on any atom is 0.165 e. The topological polar surface area (TPSA) is 55.6 Å². The number of nitrogens with zero attached hydrogens (tertiary/aromatic N) is 4. The summed E-state index contributed by atoms with van der Waals surface area (Å²) < 4.78 is 2.01. The Labute approximate surface area is 102 Å². The van der Waals surface area contributed by atoms with Gasteiger partial charge in [-0.05, 0) is 54.0 Å². The van der Waals surface area contributed by atoms with Gasteiger partial charge >= 0.3 is 0 Å². The van der Waals surface area contributed by atoms with Crippen molar-refractivity contribution < 1.29 is 0 Å². The quantitative estimate of drug-likeness (QED) is 0.833. The van der Waals surface area contributed by atoms with E-state index in [0.29, 0.717) is 0 Å². The maximum atomic E-state index is 4.13. The fraction of sp³-hybridized carbons (Fsp3) is 0.917. The van der Waals surface area contributed by atoms with Crippen molar-refractivity contribution in [1.29, 1.82) is 0 Å². The molecule has 2 fully saturated rings. The van der Waals surface area contributed by atoms with Crippen molar-refractivity contribution in [2.45, 2.75) is 45.7 Å². The van der Waals surface area contributed by atoms with Gasteiger partial charge in [0.05, 0.1) is 6.54 Å². The molecule has 1 aromatic rings. The smallest absolute Gasteiger partial charge is 0.165 e. The van der Waals surface area contributed by atoms with E-state index in [9.17, 15) is 0 Å². The highest BCUT2D eigenvalue weighted by molar-refractivity contribution is 4.91. The van der Waals surface area contributed by atoms with Crippen LogP contribution in [0.25, 0.3) is 0 Å². The van der Waals surface area contributed by atoms with Gasteiger partial charge in [0, 0.05) is 6.54 Å². The lowest BCUT2D eigenvalue weighted by molar-refractivity contribution is 0.279. The first-order chi connectivity index (χ1) is 8.36. The van der Waals surface area contributed by atoms with Crippen LogP contribution in [0.4, 0.5) is 0 Å². The van der Waals surface area contributed by atoms with Crippen molar-refractivity contribution in [2.24, 2.45) is 17.8 Å². The van der Waals surface area contributed by atoms with Crippen LogP contribution in [0.15, 0.2) is 0 Å². The molecule has 2 aliphatic carbocycles. The average Bonchev–Trinajstić information content (AvgIpc) is 3.02. The number of aromatic nitrogens is 4. The average molecular weight is 235 g/mol. The van der Waals surface area contributed by atoms with E-state index in [1.165, 1.54) is 25.7 Å². The zero-order valence-corrected chi connectivity index (χ0v) is 10.5. The summed E-state index contributed by atoms with van der Waals surface area (Å²) in [7, 11) is 0. The molecule has 0 radical (unpaired) electrons. The van der Waals surface area contributed by atoms with Crippen LogP contribution in [0.3, 0.4) is 0 Å². The molecule has 17 heavy (non-hydrogen) atoms. The zero-order valence-electron chi connectivity index (χ0n) is 10.5. The van der Waals surface area contributed by atoms with Gasteiger partial charge in [-0.25, -0.2) is 4.68 Å². The van der Waals surface area contributed by atoms with Crippen molar-refractivity contribution >= 4 is 0 Å². The minimum atomic E-state index is 0.782. The van der Waals surface area contributed by atoms with Crippen LogP contribution in [0.1, 0.15) is 38.4 Å². The zero-order chi connectivity index (χ0) is 11.7. The molecule has 1 aromatic heterocycles. The van der Waals surface area contributed by atoms with Crippen LogP contribution < -0.4 is 5.32 Å². The molecule has 0 aliphatic heterocycles. The molecule has 0 aromatic carbocycles. The van der Waals surface area contributed by atoms with Crippen molar-refractivity contribution in [3.63, 3.8) is 0 Å². The van der Waals surface area contributed by atoms with E-state index >= 15 is 0 Å². The summed E-state index contributed by atoms with van der Waals surface area (Å²) in [5.41, 5.74) is 0. The largest absolute Gasteiger partial charge is 0.310 e. The molecule has 0 amide bonds. The van der Waals surface area contributed by atoms with E-state index in [4.69, 9.17) is 0 Å². The normalized spacial score (nSPS) is 31.2. The number of rotatable bonds is 5. The van der Waals surface area contributed by atoms with Crippen LogP contribution in [0.5, 0.6) is 0 Å². The first-order valence-corrected chi connectivity index (χ1v) is 6.82. The third-order valence-corrected chi connectivity index (χ3v) is 4.43. The second-order valence-electron chi connectivity index (χ2n) is 5.49. The summed E-state index contributed by atoms with van der Waals surface area (Å²) in [6.07, 6.45) is 5.74. The van der Waals surface area contributed by atoms with Gasteiger partial charge in [-0.1, -0.05) is 13.3 Å². The van der Waals surface area contributed by atoms with Crippen molar-refractivity contribution in [2.75, 3.05) is 6.54 Å². The predicted octanol–water partition coefficient (Wildman–Crippen LogP) is 1.22. The highest BCUT2D eigenvalue weighted by atomic mass is 15.5. The maximum absolute atomic E-state index is 4.13. The van der Waals surface area contributed by atoms with Crippen LogP contribution in [-0.4, -0.2) is 26.8 Å². The fourth-order valence-corrected chi connectivity index (χ4v) is 3.55. The van der Waals surface area contributed by atoms with Crippen molar-refractivity contribution in [3.05, 3.63) is 5.82 Å². The highest BCUT2D eigenvalue weighted by Gasteiger charge is 2.39. The van der Waals surface area contributed by atoms with E-state index in [-0.39, 0.29) is 0 Å². The lowest BCUT2D eigenvalue weighted by atomic mass is 9.89. The number of tetrazole rings is 1.